The maximum atomic E-state index is 11.2. The summed E-state index contributed by atoms with van der Waals surface area (Å²) >= 11 is 0. The van der Waals surface area contributed by atoms with Crippen LogP contribution in [0.5, 0.6) is 0 Å². The van der Waals surface area contributed by atoms with E-state index >= 15 is 0 Å². The Labute approximate surface area is 112 Å². The quantitative estimate of drug-likeness (QED) is 0.310. The molecule has 1 heterocycles. The number of hydrazone groups is 1. The van der Waals surface area contributed by atoms with E-state index in [2.05, 4.69) is 10.4 Å². The van der Waals surface area contributed by atoms with Gasteiger partial charge in [-0.1, -0.05) is 0 Å². The number of aliphatic hydroxyl groups excluding tert-OH is 1. The van der Waals surface area contributed by atoms with Crippen molar-refractivity contribution in [1.29, 1.82) is 0 Å². The Morgan fingerprint density at radius 3 is 2.80 bits per heavy atom. The number of carbonyl (C=O) groups is 2. The molecule has 0 aliphatic heterocycles. The van der Waals surface area contributed by atoms with Crippen LogP contribution in [0.25, 0.3) is 0 Å². The minimum Gasteiger partial charge on any atom is -0.400 e. The van der Waals surface area contributed by atoms with Crippen LogP contribution in [0, 0.1) is 10.1 Å². The lowest BCUT2D eigenvalue weighted by Crippen LogP contribution is -2.37. The number of nitro groups is 1. The van der Waals surface area contributed by atoms with Gasteiger partial charge < -0.3 is 14.8 Å². The summed E-state index contributed by atoms with van der Waals surface area (Å²) in [5.74, 6) is -1.52. The van der Waals surface area contributed by atoms with Crippen LogP contribution in [0.4, 0.5) is 5.88 Å². The Morgan fingerprint density at radius 2 is 2.30 bits per heavy atom. The van der Waals surface area contributed by atoms with Gasteiger partial charge in [-0.25, -0.2) is 5.01 Å². The van der Waals surface area contributed by atoms with Gasteiger partial charge in [-0.3, -0.25) is 19.7 Å². The van der Waals surface area contributed by atoms with Crippen molar-refractivity contribution in [3.63, 3.8) is 0 Å². The SMILES string of the molecule is CC(=O)N(CC(=O)NCO)N=Cc1ccc([N+](=O)[O-])o1. The molecule has 108 valence electrons. The molecule has 0 bridgehead atoms. The van der Waals surface area contributed by atoms with E-state index in [0.29, 0.717) is 0 Å². The summed E-state index contributed by atoms with van der Waals surface area (Å²) in [6.07, 6.45) is 1.07. The van der Waals surface area contributed by atoms with Gasteiger partial charge in [-0.05, 0) is 6.07 Å². The molecule has 0 saturated heterocycles. The largest absolute Gasteiger partial charge is 0.433 e. The summed E-state index contributed by atoms with van der Waals surface area (Å²) in [5.41, 5.74) is 0. The van der Waals surface area contributed by atoms with E-state index in [4.69, 9.17) is 9.52 Å². The summed E-state index contributed by atoms with van der Waals surface area (Å²) < 4.78 is 4.80. The molecule has 0 aliphatic rings. The molecule has 1 rings (SSSR count). The molecule has 1 aromatic rings. The van der Waals surface area contributed by atoms with Crippen LogP contribution >= 0.6 is 0 Å². The van der Waals surface area contributed by atoms with Gasteiger partial charge in [-0.15, -0.1) is 0 Å². The van der Waals surface area contributed by atoms with Crippen LogP contribution in [0.15, 0.2) is 21.7 Å². The van der Waals surface area contributed by atoms with Gasteiger partial charge in [-0.2, -0.15) is 5.10 Å². The zero-order valence-corrected chi connectivity index (χ0v) is 10.5. The average molecular weight is 284 g/mol. The molecule has 10 nitrogen and oxygen atoms in total. The molecular formula is C10H12N4O6. The maximum Gasteiger partial charge on any atom is 0.433 e. The predicted octanol–water partition coefficient (Wildman–Crippen LogP) is -0.564. The number of carbonyl (C=O) groups excluding carboxylic acids is 2. The van der Waals surface area contributed by atoms with E-state index in [9.17, 15) is 19.7 Å². The van der Waals surface area contributed by atoms with Crippen LogP contribution in [0.2, 0.25) is 0 Å². The van der Waals surface area contributed by atoms with Gasteiger partial charge in [0.25, 0.3) is 0 Å². The number of rotatable bonds is 6. The molecule has 0 spiro atoms. The lowest BCUT2D eigenvalue weighted by Gasteiger charge is -2.13. The molecule has 20 heavy (non-hydrogen) atoms. The number of nitrogens with zero attached hydrogens (tertiary/aromatic N) is 3. The molecule has 0 radical (unpaired) electrons. The van der Waals surface area contributed by atoms with Crippen molar-refractivity contribution in [1.82, 2.24) is 10.3 Å². The topological polar surface area (TPSA) is 138 Å². The first kappa shape index (κ1) is 15.3. The Bertz CT molecular complexity index is 538. The van der Waals surface area contributed by atoms with Crippen molar-refractivity contribution in [2.24, 2.45) is 5.10 Å². The lowest BCUT2D eigenvalue weighted by atomic mass is 10.5. The van der Waals surface area contributed by atoms with E-state index in [1.807, 2.05) is 0 Å². The molecule has 2 N–H and O–H groups in total. The van der Waals surface area contributed by atoms with Crippen molar-refractivity contribution >= 4 is 23.9 Å². The van der Waals surface area contributed by atoms with Crippen molar-refractivity contribution < 1.29 is 24.0 Å². The van der Waals surface area contributed by atoms with E-state index < -0.39 is 35.9 Å². The number of nitrogens with one attached hydrogen (secondary N) is 1. The molecule has 0 unspecified atom stereocenters. The second-order valence-electron chi connectivity index (χ2n) is 3.51. The number of furan rings is 1. The highest BCUT2D eigenvalue weighted by molar-refractivity contribution is 5.85. The van der Waals surface area contributed by atoms with Crippen molar-refractivity contribution in [2.45, 2.75) is 6.92 Å². The summed E-state index contributed by atoms with van der Waals surface area (Å²) in [6.45, 7) is 0.238. The molecule has 2 amide bonds. The van der Waals surface area contributed by atoms with Crippen molar-refractivity contribution in [2.75, 3.05) is 13.3 Å². The third-order valence-corrected chi connectivity index (χ3v) is 2.05. The fourth-order valence-corrected chi connectivity index (χ4v) is 1.15. The minimum atomic E-state index is -0.714. The Balaban J connectivity index is 2.73. The molecule has 0 atom stereocenters. The highest BCUT2D eigenvalue weighted by atomic mass is 16.6. The Kier molecular flexibility index (Phi) is 5.35. The summed E-state index contributed by atoms with van der Waals surface area (Å²) in [4.78, 5) is 32.2. The van der Waals surface area contributed by atoms with Crippen LogP contribution in [-0.2, 0) is 9.59 Å². The van der Waals surface area contributed by atoms with E-state index in [-0.39, 0.29) is 5.76 Å². The lowest BCUT2D eigenvalue weighted by molar-refractivity contribution is -0.402. The van der Waals surface area contributed by atoms with Crippen LogP contribution < -0.4 is 5.32 Å². The van der Waals surface area contributed by atoms with Gasteiger partial charge >= 0.3 is 5.88 Å². The standard InChI is InChI=1S/C10H12N4O6/c1-7(16)13(5-9(17)11-6-15)12-4-8-2-3-10(20-8)14(18)19/h2-4,15H,5-6H2,1H3,(H,11,17). The smallest absolute Gasteiger partial charge is 0.400 e. The zero-order valence-electron chi connectivity index (χ0n) is 10.5. The molecule has 0 aliphatic carbocycles. The second kappa shape index (κ2) is 6.99. The first-order valence-corrected chi connectivity index (χ1v) is 5.38. The van der Waals surface area contributed by atoms with Crippen LogP contribution in [0.1, 0.15) is 12.7 Å². The second-order valence-corrected chi connectivity index (χ2v) is 3.51. The van der Waals surface area contributed by atoms with Crippen LogP contribution in [-0.4, -0.2) is 46.3 Å². The average Bonchev–Trinajstić information content (AvgIpc) is 2.83. The molecular weight excluding hydrogens is 272 g/mol. The fraction of sp³-hybridized carbons (Fsp3) is 0.300. The van der Waals surface area contributed by atoms with Gasteiger partial charge in [0, 0.05) is 6.92 Å². The highest BCUT2D eigenvalue weighted by Gasteiger charge is 2.13. The number of hydrogen-bond acceptors (Lipinski definition) is 7. The number of aliphatic hydroxyl groups is 1. The Morgan fingerprint density at radius 1 is 1.60 bits per heavy atom. The van der Waals surface area contributed by atoms with Gasteiger partial charge in [0.15, 0.2) is 5.76 Å². The maximum absolute atomic E-state index is 11.2. The summed E-state index contributed by atoms with van der Waals surface area (Å²) in [6, 6.07) is 2.44. The monoisotopic (exact) mass is 284 g/mol. The summed E-state index contributed by atoms with van der Waals surface area (Å²) in [5, 5.41) is 25.5. The molecule has 1 aromatic heterocycles. The molecule has 0 aromatic carbocycles. The highest BCUT2D eigenvalue weighted by Crippen LogP contribution is 2.13. The van der Waals surface area contributed by atoms with E-state index in [0.717, 1.165) is 17.3 Å². The number of amides is 2. The molecule has 10 heteroatoms. The van der Waals surface area contributed by atoms with Crippen LogP contribution in [0.3, 0.4) is 0 Å². The third-order valence-electron chi connectivity index (χ3n) is 2.05. The first-order chi connectivity index (χ1) is 9.43. The van der Waals surface area contributed by atoms with Gasteiger partial charge in [0.2, 0.25) is 11.8 Å². The molecule has 0 fully saturated rings. The van der Waals surface area contributed by atoms with Gasteiger partial charge in [0.1, 0.15) is 18.2 Å². The Hall–Kier alpha value is -2.75. The summed E-state index contributed by atoms with van der Waals surface area (Å²) in [7, 11) is 0. The van der Waals surface area contributed by atoms with E-state index in [1.54, 1.807) is 0 Å². The zero-order chi connectivity index (χ0) is 15.1. The first-order valence-electron chi connectivity index (χ1n) is 5.38. The van der Waals surface area contributed by atoms with Gasteiger partial charge in [0.05, 0.1) is 12.3 Å². The van der Waals surface area contributed by atoms with Crippen molar-refractivity contribution in [3.8, 4) is 0 Å². The van der Waals surface area contributed by atoms with E-state index in [1.165, 1.54) is 13.0 Å². The number of hydrogen-bond donors (Lipinski definition) is 2. The third kappa shape index (κ3) is 4.49. The normalized spacial score (nSPS) is 10.5. The molecule has 0 saturated carbocycles. The minimum absolute atomic E-state index is 0.0607. The predicted molar refractivity (Wildman–Crippen MR) is 65.6 cm³/mol. The van der Waals surface area contributed by atoms with Crippen molar-refractivity contribution in [3.05, 3.63) is 28.0 Å². The fourth-order valence-electron chi connectivity index (χ4n) is 1.15.